The normalized spacial score (nSPS) is 20.9. The zero-order chi connectivity index (χ0) is 12.2. The number of carbonyl (C=O) groups excluding carboxylic acids is 1. The molecule has 0 aliphatic carbocycles. The molecule has 0 fully saturated rings. The van der Waals surface area contributed by atoms with E-state index in [2.05, 4.69) is 15.9 Å². The fourth-order valence-electron chi connectivity index (χ4n) is 0.757. The fourth-order valence-corrected chi connectivity index (χ4v) is 1.12. The number of Topliss-reactive ketones (excluding diaryl/α,β-unsaturated/α-hetero) is 1. The minimum absolute atomic E-state index is 0.873. The molecule has 0 aliphatic heterocycles. The molecule has 0 radical (unpaired) electrons. The van der Waals surface area contributed by atoms with Gasteiger partial charge in [-0.15, -0.1) is 0 Å². The number of halogens is 1. The molecule has 0 unspecified atom stereocenters. The van der Waals surface area contributed by atoms with Gasteiger partial charge in [0.1, 0.15) is 24.4 Å². The smallest absolute Gasteiger partial charge is 0.277 e. The molecule has 0 aromatic heterocycles. The lowest BCUT2D eigenvalue weighted by Gasteiger charge is -2.29. The molecular weight excluding hydrogens is 274 g/mol. The molecule has 15 heavy (non-hydrogen) atoms. The van der Waals surface area contributed by atoms with Gasteiger partial charge in [-0.25, -0.2) is 0 Å². The number of aliphatic hydroxyl groups is 5. The molecule has 86 valence electrons. The summed E-state index contributed by atoms with van der Waals surface area (Å²) >= 11 is 2.35. The van der Waals surface area contributed by atoms with Gasteiger partial charge in [0.05, 0.1) is 6.61 Å². The van der Waals surface area contributed by atoms with Crippen molar-refractivity contribution in [3.8, 4) is 6.07 Å². The van der Waals surface area contributed by atoms with E-state index in [0.717, 1.165) is 6.07 Å². The van der Waals surface area contributed by atoms with Crippen LogP contribution in [0.15, 0.2) is 0 Å². The van der Waals surface area contributed by atoms with Crippen LogP contribution >= 0.6 is 15.9 Å². The number of nitrogens with zero attached hydrogens (tertiary/aromatic N) is 1. The third kappa shape index (κ3) is 3.20. The Balaban J connectivity index is 4.77. The summed E-state index contributed by atoms with van der Waals surface area (Å²) in [6.45, 7) is -0.873. The first-order valence-electron chi connectivity index (χ1n) is 3.79. The summed E-state index contributed by atoms with van der Waals surface area (Å²) in [5, 5.41) is 53.3. The topological polar surface area (TPSA) is 142 Å². The molecule has 5 N–H and O–H groups in total. The van der Waals surface area contributed by atoms with Crippen LogP contribution in [-0.2, 0) is 4.79 Å². The van der Waals surface area contributed by atoms with Gasteiger partial charge < -0.3 is 25.5 Å². The van der Waals surface area contributed by atoms with E-state index in [9.17, 15) is 15.0 Å². The molecule has 0 aromatic carbocycles. The van der Waals surface area contributed by atoms with Gasteiger partial charge in [0.2, 0.25) is 4.51 Å². The van der Waals surface area contributed by atoms with Gasteiger partial charge in [0, 0.05) is 0 Å². The van der Waals surface area contributed by atoms with E-state index in [4.69, 9.17) is 20.6 Å². The summed E-state index contributed by atoms with van der Waals surface area (Å²) in [7, 11) is 0. The molecule has 0 rings (SSSR count). The van der Waals surface area contributed by atoms with Crippen molar-refractivity contribution >= 4 is 21.7 Å². The Labute approximate surface area is 93.3 Å². The van der Waals surface area contributed by atoms with Crippen LogP contribution in [0.3, 0.4) is 0 Å². The first kappa shape index (κ1) is 14.4. The minimum atomic E-state index is -2.68. The number of nitriles is 1. The highest BCUT2D eigenvalue weighted by Gasteiger charge is 2.46. The molecule has 0 aromatic rings. The fraction of sp³-hybridized carbons (Fsp3) is 0.714. The van der Waals surface area contributed by atoms with Gasteiger partial charge in [-0.1, -0.05) is 0 Å². The number of hydrogen-bond donors (Lipinski definition) is 5. The van der Waals surface area contributed by atoms with Crippen LogP contribution in [0, 0.1) is 11.3 Å². The van der Waals surface area contributed by atoms with E-state index in [1.807, 2.05) is 0 Å². The Morgan fingerprint density at radius 3 is 2.27 bits per heavy atom. The molecule has 8 heteroatoms. The Bertz CT molecular complexity index is 275. The first-order chi connectivity index (χ1) is 6.78. The van der Waals surface area contributed by atoms with Crippen molar-refractivity contribution in [2.75, 3.05) is 6.61 Å². The Hall–Kier alpha value is -0.560. The predicted molar refractivity (Wildman–Crippen MR) is 49.6 cm³/mol. The van der Waals surface area contributed by atoms with Crippen LogP contribution in [0.25, 0.3) is 0 Å². The minimum Gasteiger partial charge on any atom is -0.394 e. The molecule has 0 saturated carbocycles. The van der Waals surface area contributed by atoms with Gasteiger partial charge in [-0.3, -0.25) is 4.79 Å². The Kier molecular flexibility index (Phi) is 5.30. The lowest BCUT2D eigenvalue weighted by atomic mass is 10.0. The van der Waals surface area contributed by atoms with Gasteiger partial charge in [-0.05, 0) is 15.9 Å². The number of rotatable bonds is 5. The highest BCUT2D eigenvalue weighted by Crippen LogP contribution is 2.23. The van der Waals surface area contributed by atoms with Crippen molar-refractivity contribution in [1.82, 2.24) is 0 Å². The SMILES string of the molecule is N#CC(=O)[C@@](O)(Br)[C@@H](O)[C@@H](O)[C@H](O)CO. The van der Waals surface area contributed by atoms with Crippen molar-refractivity contribution in [2.24, 2.45) is 0 Å². The third-order valence-electron chi connectivity index (χ3n) is 1.72. The van der Waals surface area contributed by atoms with Crippen LogP contribution in [0.5, 0.6) is 0 Å². The van der Waals surface area contributed by atoms with Crippen molar-refractivity contribution in [3.63, 3.8) is 0 Å². The van der Waals surface area contributed by atoms with Crippen LogP contribution in [0.4, 0.5) is 0 Å². The highest BCUT2D eigenvalue weighted by atomic mass is 79.9. The van der Waals surface area contributed by atoms with Crippen molar-refractivity contribution in [2.45, 2.75) is 22.8 Å². The molecule has 0 aliphatic rings. The second-order valence-corrected chi connectivity index (χ2v) is 4.01. The van der Waals surface area contributed by atoms with E-state index < -0.39 is 35.2 Å². The number of alkyl halides is 1. The van der Waals surface area contributed by atoms with Crippen molar-refractivity contribution in [1.29, 1.82) is 5.26 Å². The van der Waals surface area contributed by atoms with E-state index in [0.29, 0.717) is 0 Å². The van der Waals surface area contributed by atoms with Crippen molar-refractivity contribution < 1.29 is 30.3 Å². The summed E-state index contributed by atoms with van der Waals surface area (Å²) < 4.78 is -2.68. The number of aliphatic hydroxyl groups excluding tert-OH is 4. The van der Waals surface area contributed by atoms with E-state index in [1.165, 1.54) is 0 Å². The second kappa shape index (κ2) is 5.50. The highest BCUT2D eigenvalue weighted by molar-refractivity contribution is 9.10. The van der Waals surface area contributed by atoms with E-state index >= 15 is 0 Å². The summed E-state index contributed by atoms with van der Waals surface area (Å²) in [4.78, 5) is 10.8. The number of hydrogen-bond acceptors (Lipinski definition) is 7. The molecule has 0 bridgehead atoms. The predicted octanol–water partition coefficient (Wildman–Crippen LogP) is -2.76. The molecule has 0 amide bonds. The van der Waals surface area contributed by atoms with Gasteiger partial charge in [-0.2, -0.15) is 5.26 Å². The summed E-state index contributed by atoms with van der Waals surface area (Å²) in [6, 6.07) is 1.05. The quantitative estimate of drug-likeness (QED) is 0.272. The van der Waals surface area contributed by atoms with Crippen LogP contribution in [-0.4, -0.2) is 60.7 Å². The summed E-state index contributed by atoms with van der Waals surface area (Å²) in [5.41, 5.74) is 0. The maximum Gasteiger partial charge on any atom is 0.277 e. The zero-order valence-electron chi connectivity index (χ0n) is 7.41. The third-order valence-corrected chi connectivity index (χ3v) is 2.55. The van der Waals surface area contributed by atoms with Gasteiger partial charge in [0.25, 0.3) is 5.78 Å². The largest absolute Gasteiger partial charge is 0.394 e. The molecular formula is C7H10BrNO6. The maximum atomic E-state index is 10.8. The van der Waals surface area contributed by atoms with Crippen LogP contribution in [0.2, 0.25) is 0 Å². The average Bonchev–Trinajstić information content (AvgIpc) is 2.24. The lowest BCUT2D eigenvalue weighted by molar-refractivity contribution is -0.147. The summed E-state index contributed by atoms with van der Waals surface area (Å²) in [6.07, 6.45) is -5.86. The number of ketones is 1. The van der Waals surface area contributed by atoms with Crippen LogP contribution in [0.1, 0.15) is 0 Å². The Morgan fingerprint density at radius 1 is 1.47 bits per heavy atom. The zero-order valence-corrected chi connectivity index (χ0v) is 8.99. The van der Waals surface area contributed by atoms with E-state index in [-0.39, 0.29) is 0 Å². The molecule has 0 heterocycles. The van der Waals surface area contributed by atoms with Crippen LogP contribution < -0.4 is 0 Å². The average molecular weight is 284 g/mol. The standard InChI is InChI=1S/C7H10BrNO6/c8-7(15,4(12)1-9)6(14)5(13)3(11)2-10/h3,5-6,10-11,13-15H,2H2/t3-,5+,6+,7+/m1/s1. The summed E-state index contributed by atoms with van der Waals surface area (Å²) in [5.74, 6) is -1.43. The Morgan fingerprint density at radius 2 is 1.93 bits per heavy atom. The molecule has 7 nitrogen and oxygen atoms in total. The monoisotopic (exact) mass is 283 g/mol. The lowest BCUT2D eigenvalue weighted by Crippen LogP contribution is -2.54. The number of carbonyl (C=O) groups is 1. The van der Waals surface area contributed by atoms with Gasteiger partial charge in [0.15, 0.2) is 0 Å². The second-order valence-electron chi connectivity index (χ2n) is 2.80. The molecule has 0 saturated heterocycles. The molecule has 4 atom stereocenters. The molecule has 0 spiro atoms. The van der Waals surface area contributed by atoms with Crippen molar-refractivity contribution in [3.05, 3.63) is 0 Å². The van der Waals surface area contributed by atoms with E-state index in [1.54, 1.807) is 0 Å². The van der Waals surface area contributed by atoms with Gasteiger partial charge >= 0.3 is 0 Å². The first-order valence-corrected chi connectivity index (χ1v) is 4.59. The maximum absolute atomic E-state index is 10.8.